The topological polar surface area (TPSA) is 38.9 Å². The fraction of sp³-hybridized carbons (Fsp3) is 0. The number of anilines is 1. The smallest absolute Gasteiger partial charge is 0.102 e. The van der Waals surface area contributed by atoms with E-state index in [9.17, 15) is 0 Å². The van der Waals surface area contributed by atoms with Gasteiger partial charge in [0.25, 0.3) is 0 Å². The lowest BCUT2D eigenvalue weighted by Gasteiger charge is -2.05. The molecule has 3 rings (SSSR count). The molecule has 0 saturated carbocycles. The Morgan fingerprint density at radius 2 is 1.84 bits per heavy atom. The molecule has 0 radical (unpaired) electrons. The number of hydrogen-bond donors (Lipinski definition) is 1. The Morgan fingerprint density at radius 3 is 2.68 bits per heavy atom. The molecule has 2 nitrogen and oxygen atoms in total. The zero-order valence-electron chi connectivity index (χ0n) is 10.0. The lowest BCUT2D eigenvalue weighted by Crippen LogP contribution is -1.87. The third-order valence-corrected chi connectivity index (χ3v) is 4.19. The van der Waals surface area contributed by atoms with E-state index >= 15 is 0 Å². The van der Waals surface area contributed by atoms with Crippen LogP contribution in [0.15, 0.2) is 64.5 Å². The highest BCUT2D eigenvalue weighted by molar-refractivity contribution is 7.99. The number of nitrogens with two attached hydrogens (primary N) is 1. The molecule has 0 aliphatic carbocycles. The van der Waals surface area contributed by atoms with Gasteiger partial charge in [-0.05, 0) is 36.4 Å². The average Bonchev–Trinajstić information content (AvgIpc) is 2.41. The summed E-state index contributed by atoms with van der Waals surface area (Å²) in [6, 6.07) is 17.5. The Kier molecular flexibility index (Phi) is 3.32. The van der Waals surface area contributed by atoms with Gasteiger partial charge in [0.2, 0.25) is 0 Å². The molecule has 19 heavy (non-hydrogen) atoms. The van der Waals surface area contributed by atoms with E-state index in [0.29, 0.717) is 0 Å². The Morgan fingerprint density at radius 1 is 1.00 bits per heavy atom. The van der Waals surface area contributed by atoms with Crippen LogP contribution in [0.25, 0.3) is 10.9 Å². The van der Waals surface area contributed by atoms with Gasteiger partial charge in [-0.2, -0.15) is 0 Å². The highest BCUT2D eigenvalue weighted by atomic mass is 35.5. The predicted octanol–water partition coefficient (Wildman–Crippen LogP) is 4.62. The van der Waals surface area contributed by atoms with E-state index in [0.717, 1.165) is 31.5 Å². The van der Waals surface area contributed by atoms with Gasteiger partial charge in [0.15, 0.2) is 0 Å². The minimum absolute atomic E-state index is 0.742. The molecular weight excluding hydrogens is 276 g/mol. The van der Waals surface area contributed by atoms with Gasteiger partial charge in [-0.3, -0.25) is 0 Å². The van der Waals surface area contributed by atoms with Crippen molar-refractivity contribution < 1.29 is 0 Å². The first kappa shape index (κ1) is 12.3. The number of nitrogens with zero attached hydrogens (tertiary/aromatic N) is 1. The number of halogens is 1. The first-order valence-electron chi connectivity index (χ1n) is 5.81. The van der Waals surface area contributed by atoms with Crippen molar-refractivity contribution in [1.82, 2.24) is 4.98 Å². The molecule has 0 saturated heterocycles. The molecule has 2 aromatic carbocycles. The Balaban J connectivity index is 1.98. The minimum atomic E-state index is 0.742. The number of pyridine rings is 1. The molecule has 94 valence electrons. The third-order valence-electron chi connectivity index (χ3n) is 2.74. The quantitative estimate of drug-likeness (QED) is 0.699. The van der Waals surface area contributed by atoms with Crippen molar-refractivity contribution in [2.45, 2.75) is 9.92 Å². The summed E-state index contributed by atoms with van der Waals surface area (Å²) in [7, 11) is 0. The van der Waals surface area contributed by atoms with Gasteiger partial charge < -0.3 is 5.73 Å². The lowest BCUT2D eigenvalue weighted by molar-refractivity contribution is 1.19. The molecule has 0 fully saturated rings. The van der Waals surface area contributed by atoms with Crippen molar-refractivity contribution in [3.63, 3.8) is 0 Å². The highest BCUT2D eigenvalue weighted by Gasteiger charge is 2.04. The van der Waals surface area contributed by atoms with Crippen LogP contribution in [0.5, 0.6) is 0 Å². The summed E-state index contributed by atoms with van der Waals surface area (Å²) < 4.78 is 0. The highest BCUT2D eigenvalue weighted by Crippen LogP contribution is 2.32. The zero-order valence-corrected chi connectivity index (χ0v) is 11.6. The first-order valence-corrected chi connectivity index (χ1v) is 7.00. The standard InChI is InChI=1S/C15H11ClN2S/c16-12-3-1-2-4-14(12)19-15-8-5-10-9-11(17)6-7-13(10)18-15/h1-9H,17H2. The molecular formula is C15H11ClN2S. The minimum Gasteiger partial charge on any atom is -0.399 e. The van der Waals surface area contributed by atoms with E-state index in [4.69, 9.17) is 17.3 Å². The van der Waals surface area contributed by atoms with Crippen molar-refractivity contribution in [2.75, 3.05) is 5.73 Å². The number of nitrogen functional groups attached to an aromatic ring is 1. The molecule has 0 aliphatic heterocycles. The van der Waals surface area contributed by atoms with Crippen LogP contribution in [-0.2, 0) is 0 Å². The number of rotatable bonds is 2. The third kappa shape index (κ3) is 2.67. The van der Waals surface area contributed by atoms with Gasteiger partial charge in [-0.1, -0.05) is 41.6 Å². The van der Waals surface area contributed by atoms with Crippen LogP contribution in [-0.4, -0.2) is 4.98 Å². The summed E-state index contributed by atoms with van der Waals surface area (Å²) in [6.45, 7) is 0. The molecule has 1 aromatic heterocycles. The number of fused-ring (bicyclic) bond motifs is 1. The van der Waals surface area contributed by atoms with E-state index < -0.39 is 0 Å². The molecule has 0 aliphatic rings. The van der Waals surface area contributed by atoms with Gasteiger partial charge >= 0.3 is 0 Å². The van der Waals surface area contributed by atoms with E-state index in [1.165, 1.54) is 0 Å². The van der Waals surface area contributed by atoms with Gasteiger partial charge in [0.05, 0.1) is 10.5 Å². The molecule has 0 unspecified atom stereocenters. The SMILES string of the molecule is Nc1ccc2nc(Sc3ccccc3Cl)ccc2c1. The van der Waals surface area contributed by atoms with Gasteiger partial charge in [0, 0.05) is 16.0 Å². The molecule has 0 atom stereocenters. The van der Waals surface area contributed by atoms with Gasteiger partial charge in [0.1, 0.15) is 5.03 Å². The van der Waals surface area contributed by atoms with E-state index in [2.05, 4.69) is 4.98 Å². The maximum Gasteiger partial charge on any atom is 0.102 e. The molecule has 0 amide bonds. The van der Waals surface area contributed by atoms with E-state index in [1.54, 1.807) is 11.8 Å². The predicted molar refractivity (Wildman–Crippen MR) is 81.7 cm³/mol. The van der Waals surface area contributed by atoms with Crippen molar-refractivity contribution in [3.8, 4) is 0 Å². The number of aromatic nitrogens is 1. The molecule has 0 spiro atoms. The van der Waals surface area contributed by atoms with Crippen LogP contribution in [0.1, 0.15) is 0 Å². The van der Waals surface area contributed by atoms with Crippen molar-refractivity contribution >= 4 is 40.0 Å². The van der Waals surface area contributed by atoms with E-state index in [1.807, 2.05) is 54.6 Å². The molecule has 3 aromatic rings. The van der Waals surface area contributed by atoms with Gasteiger partial charge in [-0.15, -0.1) is 0 Å². The summed E-state index contributed by atoms with van der Waals surface area (Å²) >= 11 is 7.71. The Bertz CT molecular complexity index is 743. The molecule has 1 heterocycles. The Labute approximate surface area is 120 Å². The van der Waals surface area contributed by atoms with Crippen molar-refractivity contribution in [1.29, 1.82) is 0 Å². The monoisotopic (exact) mass is 286 g/mol. The number of benzene rings is 2. The van der Waals surface area contributed by atoms with Crippen molar-refractivity contribution in [2.24, 2.45) is 0 Å². The van der Waals surface area contributed by atoms with Gasteiger partial charge in [-0.25, -0.2) is 4.98 Å². The average molecular weight is 287 g/mol. The van der Waals surface area contributed by atoms with Crippen LogP contribution in [0.4, 0.5) is 5.69 Å². The zero-order chi connectivity index (χ0) is 13.2. The lowest BCUT2D eigenvalue weighted by atomic mass is 10.2. The van der Waals surface area contributed by atoms with Crippen molar-refractivity contribution in [3.05, 3.63) is 59.6 Å². The van der Waals surface area contributed by atoms with Crippen LogP contribution in [0.2, 0.25) is 5.02 Å². The van der Waals surface area contributed by atoms with E-state index in [-0.39, 0.29) is 0 Å². The second-order valence-corrected chi connectivity index (χ2v) is 5.60. The Hall–Kier alpha value is -1.71. The summed E-state index contributed by atoms with van der Waals surface area (Å²) in [5.74, 6) is 0. The second kappa shape index (κ2) is 5.11. The maximum atomic E-state index is 6.15. The summed E-state index contributed by atoms with van der Waals surface area (Å²) in [5, 5.41) is 2.71. The maximum absolute atomic E-state index is 6.15. The molecule has 4 heteroatoms. The van der Waals surface area contributed by atoms with Crippen LogP contribution >= 0.6 is 23.4 Å². The van der Waals surface area contributed by atoms with Crippen LogP contribution in [0, 0.1) is 0 Å². The normalized spacial score (nSPS) is 10.8. The molecule has 0 bridgehead atoms. The number of hydrogen-bond acceptors (Lipinski definition) is 3. The molecule has 2 N–H and O–H groups in total. The van der Waals surface area contributed by atoms with Crippen LogP contribution < -0.4 is 5.73 Å². The fourth-order valence-electron chi connectivity index (χ4n) is 1.82. The van der Waals surface area contributed by atoms with Crippen LogP contribution in [0.3, 0.4) is 0 Å². The largest absolute Gasteiger partial charge is 0.399 e. The summed E-state index contributed by atoms with van der Waals surface area (Å²) in [6.07, 6.45) is 0. The summed E-state index contributed by atoms with van der Waals surface area (Å²) in [5.41, 5.74) is 7.44. The summed E-state index contributed by atoms with van der Waals surface area (Å²) in [4.78, 5) is 5.61. The first-order chi connectivity index (χ1) is 9.22. The fourth-order valence-corrected chi connectivity index (χ4v) is 2.89. The second-order valence-electron chi connectivity index (χ2n) is 4.13.